The lowest BCUT2D eigenvalue weighted by molar-refractivity contribution is -0.215. The molecule has 11 heteroatoms. The van der Waals surface area contributed by atoms with Gasteiger partial charge in [-0.2, -0.15) is 13.8 Å². The summed E-state index contributed by atoms with van der Waals surface area (Å²) in [5.41, 5.74) is -0.440. The number of hydrogen-bond acceptors (Lipinski definition) is 7. The van der Waals surface area contributed by atoms with Crippen molar-refractivity contribution in [2.75, 3.05) is 11.4 Å². The quantitative estimate of drug-likeness (QED) is 0.251. The maximum Gasteiger partial charge on any atom is 0.387 e. The van der Waals surface area contributed by atoms with Gasteiger partial charge in [0.05, 0.1) is 11.9 Å². The van der Waals surface area contributed by atoms with Crippen LogP contribution < -0.4 is 9.64 Å². The molecule has 6 saturated carbocycles. The third-order valence-corrected chi connectivity index (χ3v) is 10.6. The van der Waals surface area contributed by atoms with E-state index in [1.165, 1.54) is 12.3 Å². The Morgan fingerprint density at radius 1 is 1.02 bits per heavy atom. The maximum atomic E-state index is 14.4. The topological polar surface area (TPSA) is 94.2 Å². The van der Waals surface area contributed by atoms with Gasteiger partial charge >= 0.3 is 6.61 Å². The molecule has 6 fully saturated rings. The number of hydrogen-bond donors (Lipinski definition) is 0. The Morgan fingerprint density at radius 2 is 1.73 bits per heavy atom. The number of amides is 1. The smallest absolute Gasteiger partial charge is 0.387 e. The summed E-state index contributed by atoms with van der Waals surface area (Å²) >= 11 is 0. The van der Waals surface area contributed by atoms with Crippen LogP contribution in [0.3, 0.4) is 0 Å². The number of nitrogens with zero attached hydrogens (tertiary/aromatic N) is 5. The standard InChI is InChI=1S/C33H38F3N5O3/c1-29(2,3)27-39-26(40-44-27)32-10-7-30(8-11-32,9-12-32)20-41(25(42)15-31-17-33(36,18-31)19-31)24-14-21(6-13-37-24)23-5-4-22(16-38-23)43-28(34)35/h4-6,13-14,16,28H,7-12,15,17-20H2,1-3H3. The minimum Gasteiger partial charge on any atom is -0.433 e. The van der Waals surface area contributed by atoms with E-state index in [0.717, 1.165) is 44.3 Å². The Balaban J connectivity index is 1.13. The van der Waals surface area contributed by atoms with E-state index in [2.05, 4.69) is 40.6 Å². The highest BCUT2D eigenvalue weighted by atomic mass is 19.3. The Morgan fingerprint density at radius 3 is 2.30 bits per heavy atom. The number of carbonyl (C=O) groups excluding carboxylic acids is 1. The average Bonchev–Trinajstić information content (AvgIpc) is 3.48. The number of carbonyl (C=O) groups is 1. The van der Waals surface area contributed by atoms with E-state index in [0.29, 0.717) is 55.2 Å². The zero-order chi connectivity index (χ0) is 31.0. The lowest BCUT2D eigenvalue weighted by Gasteiger charge is -2.66. The largest absolute Gasteiger partial charge is 0.433 e. The molecule has 3 aromatic heterocycles. The SMILES string of the molecule is CC(C)(C)c1nc(C23CCC(CN(C(=O)CC45CC(F)(C4)C5)c4cc(-c5ccc(OC(F)F)cn5)ccn4)(CC2)CC3)no1. The van der Waals surface area contributed by atoms with Gasteiger partial charge < -0.3 is 9.26 Å². The van der Waals surface area contributed by atoms with Crippen molar-refractivity contribution in [3.8, 4) is 17.0 Å². The predicted octanol–water partition coefficient (Wildman–Crippen LogP) is 7.33. The molecule has 0 aliphatic heterocycles. The molecule has 0 atom stereocenters. The molecule has 234 valence electrons. The normalized spacial score (nSPS) is 30.5. The summed E-state index contributed by atoms with van der Waals surface area (Å²) in [4.78, 5) is 29.6. The van der Waals surface area contributed by atoms with Gasteiger partial charge in [0.25, 0.3) is 0 Å². The number of pyridine rings is 2. The Bertz CT molecular complexity index is 1520. The molecule has 3 heterocycles. The third kappa shape index (κ3) is 5.15. The van der Waals surface area contributed by atoms with Crippen molar-refractivity contribution < 1.29 is 27.2 Å². The second-order valence-electron chi connectivity index (χ2n) is 15.0. The molecule has 0 aromatic carbocycles. The van der Waals surface area contributed by atoms with Crippen molar-refractivity contribution in [1.29, 1.82) is 0 Å². The first-order valence-electron chi connectivity index (χ1n) is 15.5. The van der Waals surface area contributed by atoms with Gasteiger partial charge in [-0.15, -0.1) is 0 Å². The van der Waals surface area contributed by atoms with E-state index < -0.39 is 12.3 Å². The average molecular weight is 610 g/mol. The van der Waals surface area contributed by atoms with Crippen molar-refractivity contribution in [3.05, 3.63) is 48.4 Å². The first-order chi connectivity index (χ1) is 20.8. The monoisotopic (exact) mass is 609 g/mol. The number of fused-ring (bicyclic) bond motifs is 3. The number of ether oxygens (including phenoxy) is 1. The summed E-state index contributed by atoms with van der Waals surface area (Å²) in [6.07, 6.45) is 10.2. The van der Waals surface area contributed by atoms with Gasteiger partial charge in [0.1, 0.15) is 17.2 Å². The van der Waals surface area contributed by atoms with Gasteiger partial charge in [0.2, 0.25) is 11.8 Å². The van der Waals surface area contributed by atoms with Crippen molar-refractivity contribution in [1.82, 2.24) is 20.1 Å². The van der Waals surface area contributed by atoms with Gasteiger partial charge in [0, 0.05) is 35.6 Å². The Hall–Kier alpha value is -3.50. The molecule has 0 N–H and O–H groups in total. The van der Waals surface area contributed by atoms with E-state index in [1.807, 2.05) is 11.0 Å². The molecule has 8 nitrogen and oxygen atoms in total. The molecule has 44 heavy (non-hydrogen) atoms. The number of alkyl halides is 3. The van der Waals surface area contributed by atoms with Crippen molar-refractivity contribution in [3.63, 3.8) is 0 Å². The zero-order valence-corrected chi connectivity index (χ0v) is 25.4. The third-order valence-electron chi connectivity index (χ3n) is 10.6. The van der Waals surface area contributed by atoms with Crippen LogP contribution in [0.15, 0.2) is 41.2 Å². The maximum absolute atomic E-state index is 14.4. The highest BCUT2D eigenvalue weighted by Gasteiger charge is 2.69. The minimum absolute atomic E-state index is 0.0285. The fraction of sp³-hybridized carbons (Fsp3) is 0.606. The number of halogens is 3. The van der Waals surface area contributed by atoms with Crippen molar-refractivity contribution in [2.45, 2.75) is 108 Å². The molecular formula is C33H38F3N5O3. The molecular weight excluding hydrogens is 571 g/mol. The molecule has 6 aliphatic carbocycles. The van der Waals surface area contributed by atoms with Crippen LogP contribution in [0.4, 0.5) is 19.0 Å². The van der Waals surface area contributed by atoms with Gasteiger partial charge in [0.15, 0.2) is 5.82 Å². The highest BCUT2D eigenvalue weighted by molar-refractivity contribution is 5.94. The molecule has 3 aromatic rings. The molecule has 0 unspecified atom stereocenters. The number of aromatic nitrogens is 4. The fourth-order valence-corrected chi connectivity index (χ4v) is 8.13. The van der Waals surface area contributed by atoms with Gasteiger partial charge in [-0.05, 0) is 92.9 Å². The van der Waals surface area contributed by atoms with Crippen LogP contribution in [0.1, 0.15) is 96.7 Å². The summed E-state index contributed by atoms with van der Waals surface area (Å²) in [5.74, 6) is 1.92. The minimum atomic E-state index is -2.93. The second-order valence-corrected chi connectivity index (χ2v) is 15.0. The highest BCUT2D eigenvalue weighted by Crippen LogP contribution is 2.71. The van der Waals surface area contributed by atoms with Gasteiger partial charge in [-0.25, -0.2) is 9.37 Å². The van der Waals surface area contributed by atoms with E-state index in [4.69, 9.17) is 9.51 Å². The van der Waals surface area contributed by atoms with Crippen LogP contribution in [0.2, 0.25) is 0 Å². The number of rotatable bonds is 9. The Labute approximate surface area is 254 Å². The summed E-state index contributed by atoms with van der Waals surface area (Å²) in [6.45, 7) is 3.80. The lowest BCUT2D eigenvalue weighted by Crippen LogP contribution is -2.65. The molecule has 0 spiro atoms. The summed E-state index contributed by atoms with van der Waals surface area (Å²) in [6, 6.07) is 6.65. The van der Waals surface area contributed by atoms with Crippen LogP contribution in [-0.4, -0.2) is 44.8 Å². The fourth-order valence-electron chi connectivity index (χ4n) is 8.13. The summed E-state index contributed by atoms with van der Waals surface area (Å²) < 4.78 is 49.7. The Kier molecular flexibility index (Phi) is 6.64. The molecule has 0 saturated heterocycles. The second kappa shape index (κ2) is 10.0. The molecule has 6 aliphatic rings. The van der Waals surface area contributed by atoms with Crippen LogP contribution in [0.25, 0.3) is 11.3 Å². The van der Waals surface area contributed by atoms with E-state index >= 15 is 0 Å². The van der Waals surface area contributed by atoms with Crippen LogP contribution >= 0.6 is 0 Å². The van der Waals surface area contributed by atoms with Crippen LogP contribution in [-0.2, 0) is 15.6 Å². The van der Waals surface area contributed by atoms with E-state index in [9.17, 15) is 18.0 Å². The van der Waals surface area contributed by atoms with E-state index in [-0.39, 0.29) is 33.3 Å². The first kappa shape index (κ1) is 29.2. The van der Waals surface area contributed by atoms with Gasteiger partial charge in [-0.1, -0.05) is 25.9 Å². The lowest BCUT2D eigenvalue weighted by atomic mass is 9.41. The summed E-state index contributed by atoms with van der Waals surface area (Å²) in [5, 5.41) is 4.42. The molecule has 4 bridgehead atoms. The van der Waals surface area contributed by atoms with Crippen LogP contribution in [0.5, 0.6) is 5.75 Å². The molecule has 0 radical (unpaired) electrons. The predicted molar refractivity (Wildman–Crippen MR) is 156 cm³/mol. The first-order valence-corrected chi connectivity index (χ1v) is 15.5. The summed E-state index contributed by atoms with van der Waals surface area (Å²) in [7, 11) is 0. The molecule has 9 rings (SSSR count). The van der Waals surface area contributed by atoms with Crippen molar-refractivity contribution >= 4 is 11.7 Å². The van der Waals surface area contributed by atoms with E-state index in [1.54, 1.807) is 18.3 Å². The van der Waals surface area contributed by atoms with Crippen LogP contribution in [0, 0.1) is 10.8 Å². The van der Waals surface area contributed by atoms with Gasteiger partial charge in [-0.3, -0.25) is 14.7 Å². The number of anilines is 1. The van der Waals surface area contributed by atoms with Crippen molar-refractivity contribution in [2.24, 2.45) is 10.8 Å². The zero-order valence-electron chi connectivity index (χ0n) is 25.4. The molecule has 1 amide bonds.